The van der Waals surface area contributed by atoms with Crippen LogP contribution in [0.2, 0.25) is 0 Å². The summed E-state index contributed by atoms with van der Waals surface area (Å²) >= 11 is 1.82. The Hall–Kier alpha value is -2.88. The molecule has 0 fully saturated rings. The molecule has 170 valence electrons. The van der Waals surface area contributed by atoms with E-state index in [0.29, 0.717) is 36.9 Å². The number of thioether (sulfide) groups is 1. The molecule has 2 heterocycles. The van der Waals surface area contributed by atoms with Gasteiger partial charge in [-0.25, -0.2) is 4.79 Å². The Balaban J connectivity index is 1.15. The van der Waals surface area contributed by atoms with Crippen LogP contribution in [-0.4, -0.2) is 54.3 Å². The number of benzene rings is 2. The fourth-order valence-electron chi connectivity index (χ4n) is 3.41. The number of hydrogen-bond donors (Lipinski definition) is 3. The Kier molecular flexibility index (Phi) is 7.41. The first-order chi connectivity index (χ1) is 15.6. The van der Waals surface area contributed by atoms with Crippen LogP contribution in [0.3, 0.4) is 0 Å². The minimum Gasteiger partial charge on any atom is -0.489 e. The van der Waals surface area contributed by atoms with Gasteiger partial charge in [0, 0.05) is 6.07 Å². The molecule has 2 aliphatic heterocycles. The maximum absolute atomic E-state index is 10.9. The molecule has 8 nitrogen and oxygen atoms in total. The normalized spacial score (nSPS) is 15.3. The van der Waals surface area contributed by atoms with Crippen molar-refractivity contribution in [3.8, 4) is 23.0 Å². The number of nitrogens with two attached hydrogens (primary N) is 1. The fraction of sp³-hybridized carbons (Fsp3) is 0.348. The molecule has 0 saturated carbocycles. The number of aryl methyl sites for hydroxylation is 1. The molecule has 0 amide bonds. The summed E-state index contributed by atoms with van der Waals surface area (Å²) in [6.07, 6.45) is 2.74. The predicted octanol–water partition coefficient (Wildman–Crippen LogP) is 1.80. The van der Waals surface area contributed by atoms with E-state index in [1.165, 1.54) is 16.9 Å². The van der Waals surface area contributed by atoms with Gasteiger partial charge in [-0.15, -0.1) is 11.8 Å². The monoisotopic (exact) mass is 460 g/mol. The van der Waals surface area contributed by atoms with Crippen LogP contribution in [0.5, 0.6) is 23.0 Å². The number of aliphatic hydroxyl groups excluding tert-OH is 1. The maximum Gasteiger partial charge on any atom is 0.375 e. The SMILES string of the molecule is O=C(O)C1=COc2cc(OCC[NH2+]CC(O)COc3cccc4c3SCCC4)ccc2O1. The number of aliphatic hydroxyl groups is 1. The lowest BCUT2D eigenvalue weighted by molar-refractivity contribution is -0.661. The number of fused-ring (bicyclic) bond motifs is 2. The number of carbonyl (C=O) groups is 1. The number of hydrogen-bond acceptors (Lipinski definition) is 7. The standard InChI is InChI=1S/C23H25NO7S/c25-16(13-29-19-5-1-3-15-4-2-10-32-22(15)19)12-24-8-9-28-17-6-7-18-20(11-17)30-14-21(31-18)23(26)27/h1,3,5-7,11,14,16,24-25H,2,4,8-10,12-13H2,(H,26,27)/p+1. The third-order valence-electron chi connectivity index (χ3n) is 5.00. The Morgan fingerprint density at radius 1 is 1.22 bits per heavy atom. The van der Waals surface area contributed by atoms with Gasteiger partial charge in [0.1, 0.15) is 50.2 Å². The van der Waals surface area contributed by atoms with Gasteiger partial charge in [-0.3, -0.25) is 0 Å². The second kappa shape index (κ2) is 10.6. The summed E-state index contributed by atoms with van der Waals surface area (Å²) in [4.78, 5) is 12.1. The van der Waals surface area contributed by atoms with Gasteiger partial charge in [-0.1, -0.05) is 12.1 Å². The van der Waals surface area contributed by atoms with E-state index >= 15 is 0 Å². The van der Waals surface area contributed by atoms with E-state index in [4.69, 9.17) is 24.1 Å². The van der Waals surface area contributed by atoms with Gasteiger partial charge >= 0.3 is 5.97 Å². The van der Waals surface area contributed by atoms with Crippen LogP contribution < -0.4 is 24.3 Å². The third-order valence-corrected chi connectivity index (χ3v) is 6.24. The minimum atomic E-state index is -1.19. The average Bonchev–Trinajstić information content (AvgIpc) is 2.82. The summed E-state index contributed by atoms with van der Waals surface area (Å²) in [6.45, 7) is 1.86. The van der Waals surface area contributed by atoms with Crippen LogP contribution >= 0.6 is 11.8 Å². The minimum absolute atomic E-state index is 0.252. The zero-order valence-electron chi connectivity index (χ0n) is 17.5. The van der Waals surface area contributed by atoms with Crippen LogP contribution in [0.1, 0.15) is 12.0 Å². The zero-order valence-corrected chi connectivity index (χ0v) is 18.3. The molecule has 0 aromatic heterocycles. The molecular formula is C23H26NO7S+. The zero-order chi connectivity index (χ0) is 22.3. The molecule has 2 aromatic rings. The topological polar surface area (TPSA) is 111 Å². The maximum atomic E-state index is 10.9. The summed E-state index contributed by atoms with van der Waals surface area (Å²) in [7, 11) is 0. The first kappa shape index (κ1) is 22.3. The van der Waals surface area contributed by atoms with Crippen molar-refractivity contribution in [1.29, 1.82) is 0 Å². The Morgan fingerprint density at radius 2 is 2.12 bits per heavy atom. The number of quaternary nitrogens is 1. The van der Waals surface area contributed by atoms with Crippen molar-refractivity contribution in [2.24, 2.45) is 0 Å². The fourth-order valence-corrected chi connectivity index (χ4v) is 4.52. The molecule has 0 saturated heterocycles. The molecule has 9 heteroatoms. The summed E-state index contributed by atoms with van der Waals surface area (Å²) in [6, 6.07) is 11.1. The number of rotatable bonds is 10. The lowest BCUT2D eigenvalue weighted by Gasteiger charge is -2.19. The highest BCUT2D eigenvalue weighted by Gasteiger charge is 2.20. The van der Waals surface area contributed by atoms with Gasteiger partial charge in [0.05, 0.1) is 4.90 Å². The van der Waals surface area contributed by atoms with Crippen molar-refractivity contribution in [2.75, 3.05) is 32.1 Å². The third kappa shape index (κ3) is 5.67. The molecule has 4 rings (SSSR count). The van der Waals surface area contributed by atoms with E-state index in [0.717, 1.165) is 24.2 Å². The van der Waals surface area contributed by atoms with Gasteiger partial charge in [0.25, 0.3) is 0 Å². The van der Waals surface area contributed by atoms with Crippen molar-refractivity contribution >= 4 is 17.7 Å². The average molecular weight is 461 g/mol. The molecule has 0 radical (unpaired) electrons. The van der Waals surface area contributed by atoms with Gasteiger partial charge in [-0.05, 0) is 42.4 Å². The molecule has 1 atom stereocenters. The second-order valence-corrected chi connectivity index (χ2v) is 8.54. The van der Waals surface area contributed by atoms with Gasteiger partial charge in [0.15, 0.2) is 11.5 Å². The van der Waals surface area contributed by atoms with Crippen LogP contribution in [0.15, 0.2) is 53.3 Å². The smallest absolute Gasteiger partial charge is 0.375 e. The molecule has 1 unspecified atom stereocenters. The highest BCUT2D eigenvalue weighted by Crippen LogP contribution is 2.37. The number of aliphatic carboxylic acids is 1. The highest BCUT2D eigenvalue weighted by atomic mass is 32.2. The first-order valence-corrected chi connectivity index (χ1v) is 11.5. The Morgan fingerprint density at radius 3 is 3.00 bits per heavy atom. The summed E-state index contributed by atoms with van der Waals surface area (Å²) in [5.41, 5.74) is 1.33. The predicted molar refractivity (Wildman–Crippen MR) is 118 cm³/mol. The molecule has 4 N–H and O–H groups in total. The lowest BCUT2D eigenvalue weighted by atomic mass is 10.1. The molecule has 2 aromatic carbocycles. The molecule has 32 heavy (non-hydrogen) atoms. The van der Waals surface area contributed by atoms with E-state index in [1.807, 2.05) is 29.2 Å². The lowest BCUT2D eigenvalue weighted by Crippen LogP contribution is -2.87. The van der Waals surface area contributed by atoms with Crippen LogP contribution in [0, 0.1) is 0 Å². The number of carboxylic acid groups (broad SMARTS) is 1. The summed E-state index contributed by atoms with van der Waals surface area (Å²) in [5, 5.41) is 21.2. The van der Waals surface area contributed by atoms with Crippen LogP contribution in [0.25, 0.3) is 0 Å². The van der Waals surface area contributed by atoms with Crippen LogP contribution in [0.4, 0.5) is 0 Å². The van der Waals surface area contributed by atoms with Crippen molar-refractivity contribution in [3.05, 3.63) is 54.0 Å². The van der Waals surface area contributed by atoms with Crippen molar-refractivity contribution in [1.82, 2.24) is 0 Å². The molecular weight excluding hydrogens is 434 g/mol. The summed E-state index contributed by atoms with van der Waals surface area (Å²) < 4.78 is 22.1. The summed E-state index contributed by atoms with van der Waals surface area (Å²) in [5.74, 6) is 1.81. The van der Waals surface area contributed by atoms with Crippen LogP contribution in [-0.2, 0) is 11.2 Å². The van der Waals surface area contributed by atoms with E-state index in [-0.39, 0.29) is 12.4 Å². The quantitative estimate of drug-likeness (QED) is 0.461. The van der Waals surface area contributed by atoms with Crippen molar-refractivity contribution < 1.29 is 39.3 Å². The highest BCUT2D eigenvalue weighted by molar-refractivity contribution is 7.99. The number of carboxylic acids is 1. The largest absolute Gasteiger partial charge is 0.489 e. The van der Waals surface area contributed by atoms with Crippen molar-refractivity contribution in [2.45, 2.75) is 23.8 Å². The molecule has 0 spiro atoms. The van der Waals surface area contributed by atoms with Gasteiger partial charge in [0.2, 0.25) is 5.76 Å². The number of ether oxygens (including phenoxy) is 4. The van der Waals surface area contributed by atoms with E-state index in [1.54, 1.807) is 18.2 Å². The second-order valence-electron chi connectivity index (χ2n) is 7.44. The van der Waals surface area contributed by atoms with E-state index in [2.05, 4.69) is 6.07 Å². The van der Waals surface area contributed by atoms with Gasteiger partial charge in [-0.2, -0.15) is 0 Å². The first-order valence-electron chi connectivity index (χ1n) is 10.5. The molecule has 0 bridgehead atoms. The Bertz CT molecular complexity index is 994. The molecule has 0 aliphatic carbocycles. The molecule has 2 aliphatic rings. The van der Waals surface area contributed by atoms with Crippen molar-refractivity contribution in [3.63, 3.8) is 0 Å². The van der Waals surface area contributed by atoms with Gasteiger partial charge < -0.3 is 34.5 Å². The van der Waals surface area contributed by atoms with E-state index < -0.39 is 12.1 Å². The Labute approximate surface area is 190 Å². The van der Waals surface area contributed by atoms with E-state index in [9.17, 15) is 9.90 Å².